The van der Waals surface area contributed by atoms with E-state index in [0.717, 1.165) is 0 Å². The molecule has 6 nitrogen and oxygen atoms in total. The largest absolute Gasteiger partial charge is 0.481 e. The second kappa shape index (κ2) is 6.59. The van der Waals surface area contributed by atoms with Crippen LogP contribution in [0.5, 0.6) is 0 Å². The SMILES string of the molecule is O=C1CCC(c2ccc(N3CCC(C(=O)O)CC3)cc2F)C(=O)N1. The molecular weight excluding hydrogens is 315 g/mol. The van der Waals surface area contributed by atoms with E-state index in [1.54, 1.807) is 12.1 Å². The van der Waals surface area contributed by atoms with Gasteiger partial charge in [0.1, 0.15) is 5.82 Å². The molecule has 0 radical (unpaired) electrons. The zero-order valence-electron chi connectivity index (χ0n) is 13.1. The van der Waals surface area contributed by atoms with Crippen molar-refractivity contribution in [3.63, 3.8) is 0 Å². The van der Waals surface area contributed by atoms with Crippen LogP contribution in [-0.4, -0.2) is 36.0 Å². The quantitative estimate of drug-likeness (QED) is 0.821. The molecule has 0 saturated carbocycles. The van der Waals surface area contributed by atoms with Gasteiger partial charge in [0, 0.05) is 30.8 Å². The minimum Gasteiger partial charge on any atom is -0.481 e. The maximum absolute atomic E-state index is 14.5. The molecule has 0 aromatic heterocycles. The topological polar surface area (TPSA) is 86.7 Å². The molecule has 24 heavy (non-hydrogen) atoms. The summed E-state index contributed by atoms with van der Waals surface area (Å²) in [7, 11) is 0. The van der Waals surface area contributed by atoms with Gasteiger partial charge in [0.05, 0.1) is 11.8 Å². The van der Waals surface area contributed by atoms with Crippen molar-refractivity contribution in [2.75, 3.05) is 18.0 Å². The minimum atomic E-state index is -0.783. The molecule has 1 unspecified atom stereocenters. The van der Waals surface area contributed by atoms with Crippen molar-refractivity contribution in [1.29, 1.82) is 0 Å². The second-order valence-electron chi connectivity index (χ2n) is 6.31. The number of carboxylic acids is 1. The Bertz CT molecular complexity index is 683. The molecule has 2 saturated heterocycles. The van der Waals surface area contributed by atoms with Crippen molar-refractivity contribution >= 4 is 23.5 Å². The van der Waals surface area contributed by atoms with E-state index in [-0.39, 0.29) is 18.2 Å². The van der Waals surface area contributed by atoms with Crippen molar-refractivity contribution in [3.8, 4) is 0 Å². The van der Waals surface area contributed by atoms with Crippen LogP contribution in [0, 0.1) is 11.7 Å². The van der Waals surface area contributed by atoms with Crippen molar-refractivity contribution in [2.24, 2.45) is 5.92 Å². The van der Waals surface area contributed by atoms with Gasteiger partial charge in [-0.25, -0.2) is 4.39 Å². The Morgan fingerprint density at radius 1 is 1.21 bits per heavy atom. The first kappa shape index (κ1) is 16.4. The number of anilines is 1. The molecule has 2 fully saturated rings. The number of carbonyl (C=O) groups is 3. The van der Waals surface area contributed by atoms with Gasteiger partial charge in [0.25, 0.3) is 0 Å². The molecule has 1 atom stereocenters. The summed E-state index contributed by atoms with van der Waals surface area (Å²) in [6.07, 6.45) is 1.59. The number of aliphatic carboxylic acids is 1. The maximum Gasteiger partial charge on any atom is 0.306 e. The number of hydrogen-bond donors (Lipinski definition) is 2. The van der Waals surface area contributed by atoms with E-state index in [1.165, 1.54) is 6.07 Å². The van der Waals surface area contributed by atoms with Gasteiger partial charge in [-0.3, -0.25) is 19.7 Å². The Balaban J connectivity index is 1.72. The van der Waals surface area contributed by atoms with E-state index < -0.39 is 23.6 Å². The molecule has 0 spiro atoms. The average molecular weight is 334 g/mol. The molecular formula is C17H19FN2O4. The summed E-state index contributed by atoms with van der Waals surface area (Å²) in [5.74, 6) is -3.02. The van der Waals surface area contributed by atoms with Crippen molar-refractivity contribution in [2.45, 2.75) is 31.6 Å². The highest BCUT2D eigenvalue weighted by atomic mass is 19.1. The first-order chi connectivity index (χ1) is 11.5. The molecule has 128 valence electrons. The first-order valence-corrected chi connectivity index (χ1v) is 8.06. The number of benzene rings is 1. The van der Waals surface area contributed by atoms with Crippen molar-refractivity contribution in [1.82, 2.24) is 5.32 Å². The number of halogens is 1. The number of nitrogens with zero attached hydrogens (tertiary/aromatic N) is 1. The predicted molar refractivity (Wildman–Crippen MR) is 84.1 cm³/mol. The third-order valence-electron chi connectivity index (χ3n) is 4.81. The van der Waals surface area contributed by atoms with E-state index >= 15 is 0 Å². The average Bonchev–Trinajstić information content (AvgIpc) is 2.55. The lowest BCUT2D eigenvalue weighted by atomic mass is 9.89. The summed E-state index contributed by atoms with van der Waals surface area (Å²) in [6, 6.07) is 4.73. The summed E-state index contributed by atoms with van der Waals surface area (Å²) in [4.78, 5) is 36.0. The second-order valence-corrected chi connectivity index (χ2v) is 6.31. The Morgan fingerprint density at radius 3 is 2.50 bits per heavy atom. The highest BCUT2D eigenvalue weighted by Crippen LogP contribution is 2.31. The molecule has 2 heterocycles. The Labute approximate surface area is 138 Å². The van der Waals surface area contributed by atoms with E-state index in [0.29, 0.717) is 43.6 Å². The number of rotatable bonds is 3. The van der Waals surface area contributed by atoms with E-state index in [2.05, 4.69) is 5.32 Å². The molecule has 1 aromatic rings. The monoisotopic (exact) mass is 334 g/mol. The summed E-state index contributed by atoms with van der Waals surface area (Å²) in [6.45, 7) is 1.13. The standard InChI is InChI=1S/C17H19FN2O4/c18-14-9-11(20-7-5-10(6-8-20)17(23)24)1-2-12(14)13-3-4-15(21)19-16(13)22/h1-2,9-10,13H,3-8H2,(H,23,24)(H,19,21,22). The molecule has 0 bridgehead atoms. The first-order valence-electron chi connectivity index (χ1n) is 8.06. The highest BCUT2D eigenvalue weighted by Gasteiger charge is 2.30. The number of hydrogen-bond acceptors (Lipinski definition) is 4. The normalized spacial score (nSPS) is 22.4. The van der Waals surface area contributed by atoms with Crippen LogP contribution in [0.3, 0.4) is 0 Å². The van der Waals surface area contributed by atoms with E-state index in [4.69, 9.17) is 5.11 Å². The number of carbonyl (C=O) groups excluding carboxylic acids is 2. The van der Waals surface area contributed by atoms with Crippen LogP contribution < -0.4 is 10.2 Å². The Hall–Kier alpha value is -2.44. The van der Waals surface area contributed by atoms with Crippen molar-refractivity contribution < 1.29 is 23.9 Å². The summed E-state index contributed by atoms with van der Waals surface area (Å²) >= 11 is 0. The van der Waals surface area contributed by atoms with Gasteiger partial charge in [0.2, 0.25) is 11.8 Å². The zero-order valence-corrected chi connectivity index (χ0v) is 13.1. The molecule has 3 rings (SSSR count). The summed E-state index contributed by atoms with van der Waals surface area (Å²) in [5.41, 5.74) is 0.983. The molecule has 0 aliphatic carbocycles. The van der Waals surface area contributed by atoms with Gasteiger partial charge >= 0.3 is 5.97 Å². The van der Waals surface area contributed by atoms with Crippen LogP contribution in [-0.2, 0) is 14.4 Å². The lowest BCUT2D eigenvalue weighted by Crippen LogP contribution is -2.39. The van der Waals surface area contributed by atoms with Crippen molar-refractivity contribution in [3.05, 3.63) is 29.6 Å². The van der Waals surface area contributed by atoms with E-state index in [1.807, 2.05) is 4.90 Å². The van der Waals surface area contributed by atoms with Crippen LogP contribution in [0.15, 0.2) is 18.2 Å². The fraction of sp³-hybridized carbons (Fsp3) is 0.471. The molecule has 2 N–H and O–H groups in total. The van der Waals surface area contributed by atoms with Crippen LogP contribution in [0.2, 0.25) is 0 Å². The summed E-state index contributed by atoms with van der Waals surface area (Å²) in [5, 5.41) is 11.3. The third-order valence-corrected chi connectivity index (χ3v) is 4.81. The van der Waals surface area contributed by atoms with E-state index in [9.17, 15) is 18.8 Å². The zero-order chi connectivity index (χ0) is 17.3. The third kappa shape index (κ3) is 3.25. The number of piperidine rings is 2. The van der Waals surface area contributed by atoms with Gasteiger partial charge in [-0.1, -0.05) is 6.07 Å². The number of carboxylic acid groups (broad SMARTS) is 1. The fourth-order valence-electron chi connectivity index (χ4n) is 3.37. The molecule has 2 aliphatic rings. The molecule has 1 aromatic carbocycles. The van der Waals surface area contributed by atoms with Gasteiger partial charge in [0.15, 0.2) is 0 Å². The molecule has 7 heteroatoms. The van der Waals surface area contributed by atoms with Gasteiger partial charge in [-0.15, -0.1) is 0 Å². The van der Waals surface area contributed by atoms with Crippen LogP contribution >= 0.6 is 0 Å². The highest BCUT2D eigenvalue weighted by molar-refractivity contribution is 6.01. The number of nitrogens with one attached hydrogen (secondary N) is 1. The lowest BCUT2D eigenvalue weighted by Gasteiger charge is -2.32. The van der Waals surface area contributed by atoms with Gasteiger partial charge < -0.3 is 10.0 Å². The number of amides is 2. The lowest BCUT2D eigenvalue weighted by molar-refractivity contribution is -0.142. The van der Waals surface area contributed by atoms with Gasteiger partial charge in [-0.05, 0) is 31.4 Å². The fourth-order valence-corrected chi connectivity index (χ4v) is 3.37. The molecule has 2 amide bonds. The Morgan fingerprint density at radius 2 is 1.92 bits per heavy atom. The minimum absolute atomic E-state index is 0.209. The Kier molecular flexibility index (Phi) is 4.51. The molecule has 2 aliphatic heterocycles. The number of imide groups is 1. The van der Waals surface area contributed by atoms with Gasteiger partial charge in [-0.2, -0.15) is 0 Å². The predicted octanol–water partition coefficient (Wildman–Crippen LogP) is 1.65. The van der Waals surface area contributed by atoms with Crippen LogP contribution in [0.25, 0.3) is 0 Å². The smallest absolute Gasteiger partial charge is 0.306 e. The summed E-state index contributed by atoms with van der Waals surface area (Å²) < 4.78 is 14.5. The maximum atomic E-state index is 14.5. The van der Waals surface area contributed by atoms with Crippen LogP contribution in [0.1, 0.15) is 37.2 Å². The van der Waals surface area contributed by atoms with Crippen LogP contribution in [0.4, 0.5) is 10.1 Å².